The van der Waals surface area contributed by atoms with Crippen LogP contribution in [0.15, 0.2) is 0 Å². The van der Waals surface area contributed by atoms with Crippen molar-refractivity contribution in [3.63, 3.8) is 0 Å². The summed E-state index contributed by atoms with van der Waals surface area (Å²) in [6.07, 6.45) is 2.98. The lowest BCUT2D eigenvalue weighted by Gasteiger charge is -2.28. The molecule has 1 atom stereocenters. The van der Waals surface area contributed by atoms with Crippen LogP contribution in [0.4, 0.5) is 0 Å². The maximum atomic E-state index is 13.4. The van der Waals surface area contributed by atoms with Crippen molar-refractivity contribution in [1.29, 1.82) is 0 Å². The molecule has 0 amide bonds. The Labute approximate surface area is 200 Å². The molecule has 30 heavy (non-hydrogen) atoms. The van der Waals surface area contributed by atoms with Gasteiger partial charge in [-0.25, -0.2) is 4.57 Å². The van der Waals surface area contributed by atoms with Crippen LogP contribution in [0.2, 0.25) is 0 Å². The fourth-order valence-electron chi connectivity index (χ4n) is 2.19. The third-order valence-corrected chi connectivity index (χ3v) is 15.8. The van der Waals surface area contributed by atoms with Crippen molar-refractivity contribution in [2.45, 2.75) is 84.1 Å². The summed E-state index contributed by atoms with van der Waals surface area (Å²) in [5.41, 5.74) is 0. The first-order chi connectivity index (χ1) is 13.8. The quantitative estimate of drug-likeness (QED) is 0.0717. The zero-order valence-corrected chi connectivity index (χ0v) is 24.8. The van der Waals surface area contributed by atoms with Crippen LogP contribution in [0.5, 0.6) is 0 Å². The zero-order valence-electron chi connectivity index (χ0n) is 19.8. The molecule has 0 aromatic carbocycles. The molecular weight excluding hydrogens is 502 g/mol. The van der Waals surface area contributed by atoms with Crippen molar-refractivity contribution in [1.82, 2.24) is 0 Å². The first kappa shape index (κ1) is 31.4. The van der Waals surface area contributed by atoms with E-state index in [4.69, 9.17) is 18.1 Å². The molecule has 180 valence electrons. The highest BCUT2D eigenvalue weighted by Gasteiger charge is 2.42. The number of rotatable bonds is 15. The van der Waals surface area contributed by atoms with Gasteiger partial charge < -0.3 is 9.05 Å². The van der Waals surface area contributed by atoms with Gasteiger partial charge in [0.05, 0.1) is 24.4 Å². The summed E-state index contributed by atoms with van der Waals surface area (Å²) in [6.45, 7) is 14.8. The van der Waals surface area contributed by atoms with Crippen molar-refractivity contribution >= 4 is 65.8 Å². The van der Waals surface area contributed by atoms with E-state index in [-0.39, 0.29) is 28.7 Å². The lowest BCUT2D eigenvalue weighted by molar-refractivity contribution is 0.144. The second-order valence-corrected chi connectivity index (χ2v) is 17.2. The summed E-state index contributed by atoms with van der Waals surface area (Å²) in [5.74, 6) is 1.37. The molecule has 12 heteroatoms. The Morgan fingerprint density at radius 1 is 0.800 bits per heavy atom. The highest BCUT2D eigenvalue weighted by molar-refractivity contribution is 8.35. The van der Waals surface area contributed by atoms with Gasteiger partial charge in [-0.1, -0.05) is 11.8 Å². The van der Waals surface area contributed by atoms with E-state index in [1.807, 2.05) is 67.9 Å². The molecule has 6 nitrogen and oxygen atoms in total. The first-order valence-corrected chi connectivity index (χ1v) is 17.6. The standard InChI is InChI=1S/C18H39O6P2S4/c1-13(2)21-25(19,22-14(3)4)17(27-9)29-11-12-30-18(28-10)26(20,23-15(5)6)24-16(7)8/h13-17H,11-12H2,1-10H3/q+1. The van der Waals surface area contributed by atoms with Gasteiger partial charge in [-0.05, 0) is 61.6 Å². The van der Waals surface area contributed by atoms with Gasteiger partial charge in [-0.2, -0.15) is 0 Å². The lowest BCUT2D eigenvalue weighted by Crippen LogP contribution is -2.15. The highest BCUT2D eigenvalue weighted by atomic mass is 32.2. The van der Waals surface area contributed by atoms with Crippen molar-refractivity contribution in [3.05, 3.63) is 0 Å². The maximum absolute atomic E-state index is 13.4. The van der Waals surface area contributed by atoms with E-state index in [9.17, 15) is 9.13 Å². The minimum atomic E-state index is -3.36. The molecule has 0 aromatic heterocycles. The van der Waals surface area contributed by atoms with Gasteiger partial charge in [0.25, 0.3) is 0 Å². The Morgan fingerprint density at radius 3 is 1.57 bits per heavy atom. The van der Waals surface area contributed by atoms with Crippen molar-refractivity contribution < 1.29 is 27.2 Å². The summed E-state index contributed by atoms with van der Waals surface area (Å²) in [5, 5.41) is 0. The van der Waals surface area contributed by atoms with Crippen LogP contribution in [-0.4, -0.2) is 56.7 Å². The van der Waals surface area contributed by atoms with Crippen molar-refractivity contribution in [2.75, 3.05) is 24.0 Å². The predicted octanol–water partition coefficient (Wildman–Crippen LogP) is 6.99. The Bertz CT molecular complexity index is 585. The fourth-order valence-corrected chi connectivity index (χ4v) is 12.6. The van der Waals surface area contributed by atoms with E-state index >= 15 is 0 Å². The van der Waals surface area contributed by atoms with Gasteiger partial charge in [-0.3, -0.25) is 13.6 Å². The minimum absolute atomic E-state index is 0.192. The normalized spacial score (nSPS) is 15.1. The molecule has 0 saturated carbocycles. The summed E-state index contributed by atoms with van der Waals surface area (Å²) in [7, 11) is -6.64. The van der Waals surface area contributed by atoms with E-state index in [1.54, 1.807) is 0 Å². The SMILES string of the molecule is CSC(SCCSC(=[S+]C)P(=O)(OC(C)C)OC(C)C)P(=O)(OC(C)C)OC(C)C. The summed E-state index contributed by atoms with van der Waals surface area (Å²) in [6, 6.07) is 0. The minimum Gasteiger partial charge on any atom is -0.304 e. The van der Waals surface area contributed by atoms with E-state index in [0.717, 1.165) is 0 Å². The monoisotopic (exact) mass is 541 g/mol. The first-order valence-electron chi connectivity index (χ1n) is 9.91. The second kappa shape index (κ2) is 15.4. The molecule has 0 N–H and O–H groups in total. The van der Waals surface area contributed by atoms with Crippen LogP contribution in [0.1, 0.15) is 55.4 Å². The van der Waals surface area contributed by atoms with Crippen molar-refractivity contribution in [3.8, 4) is 0 Å². The van der Waals surface area contributed by atoms with Gasteiger partial charge >= 0.3 is 19.1 Å². The molecular formula is C18H39O6P2S4+. The largest absolute Gasteiger partial charge is 0.425 e. The van der Waals surface area contributed by atoms with Crippen LogP contribution in [0.25, 0.3) is 0 Å². The third kappa shape index (κ3) is 12.1. The lowest BCUT2D eigenvalue weighted by atomic mass is 10.5. The van der Waals surface area contributed by atoms with Crippen LogP contribution in [0, 0.1) is 0 Å². The maximum Gasteiger partial charge on any atom is 0.425 e. The van der Waals surface area contributed by atoms with E-state index in [2.05, 4.69) is 0 Å². The van der Waals surface area contributed by atoms with Gasteiger partial charge in [0, 0.05) is 11.5 Å². The molecule has 0 aliphatic heterocycles. The van der Waals surface area contributed by atoms with Crippen LogP contribution in [0.3, 0.4) is 0 Å². The Hall–Kier alpha value is 1.44. The van der Waals surface area contributed by atoms with Crippen LogP contribution < -0.4 is 0 Å². The van der Waals surface area contributed by atoms with Gasteiger partial charge in [0.15, 0.2) is 21.9 Å². The molecule has 0 radical (unpaired) electrons. The number of thioether (sulfide) groups is 3. The average Bonchev–Trinajstić information content (AvgIpc) is 2.54. The smallest absolute Gasteiger partial charge is 0.304 e. The molecule has 0 bridgehead atoms. The number of hydrogen-bond acceptors (Lipinski definition) is 9. The van der Waals surface area contributed by atoms with Gasteiger partial charge in [-0.15, -0.1) is 23.5 Å². The topological polar surface area (TPSA) is 71.1 Å². The Balaban J connectivity index is 5.12. The number of hydrogen-bond donors (Lipinski definition) is 0. The van der Waals surface area contributed by atoms with Gasteiger partial charge in [0.1, 0.15) is 0 Å². The summed E-state index contributed by atoms with van der Waals surface area (Å²) in [4.78, 5) is 0. The second-order valence-electron chi connectivity index (χ2n) is 7.39. The fraction of sp³-hybridized carbons (Fsp3) is 0.944. The molecule has 0 spiro atoms. The van der Waals surface area contributed by atoms with Crippen molar-refractivity contribution in [2.24, 2.45) is 0 Å². The molecule has 0 fully saturated rings. The molecule has 0 rings (SSSR count). The van der Waals surface area contributed by atoms with E-state index in [0.29, 0.717) is 15.4 Å². The van der Waals surface area contributed by atoms with Crippen LogP contribution in [-0.2, 0) is 38.6 Å². The van der Waals surface area contributed by atoms with E-state index < -0.39 is 15.2 Å². The molecule has 0 aliphatic rings. The van der Waals surface area contributed by atoms with E-state index in [1.165, 1.54) is 46.6 Å². The Kier molecular flexibility index (Phi) is 16.1. The summed E-state index contributed by atoms with van der Waals surface area (Å²) < 4.78 is 49.9. The molecule has 0 aromatic rings. The molecule has 0 saturated heterocycles. The molecule has 0 aliphatic carbocycles. The predicted molar refractivity (Wildman–Crippen MR) is 141 cm³/mol. The summed E-state index contributed by atoms with van der Waals surface area (Å²) >= 11 is 5.87. The Morgan fingerprint density at radius 2 is 1.23 bits per heavy atom. The highest BCUT2D eigenvalue weighted by Crippen LogP contribution is 2.62. The zero-order chi connectivity index (χ0) is 23.5. The molecule has 1 unspecified atom stereocenters. The average molecular weight is 542 g/mol. The van der Waals surface area contributed by atoms with Crippen LogP contribution >= 0.6 is 50.5 Å². The third-order valence-electron chi connectivity index (χ3n) is 2.84. The molecule has 0 heterocycles. The van der Waals surface area contributed by atoms with Gasteiger partial charge in [0.2, 0.25) is 0 Å².